The van der Waals surface area contributed by atoms with E-state index in [4.69, 9.17) is 0 Å². The van der Waals surface area contributed by atoms with Gasteiger partial charge in [0.25, 0.3) is 0 Å². The van der Waals surface area contributed by atoms with Gasteiger partial charge in [-0.3, -0.25) is 4.79 Å². The number of carbonyl (C=O) groups is 1. The highest BCUT2D eigenvalue weighted by Gasteiger charge is 2.12. The quantitative estimate of drug-likeness (QED) is 0.464. The average Bonchev–Trinajstić information content (AvgIpc) is 2.19. The molecular formula is C13H17NO2. The fourth-order valence-electron chi connectivity index (χ4n) is 1.81. The molecule has 1 aromatic rings. The SMILES string of the molecule is C=C(C)Cc1c(O)cc(C)c(NC=O)c1C. The topological polar surface area (TPSA) is 49.3 Å². The number of anilines is 1. The van der Waals surface area contributed by atoms with Gasteiger partial charge in [-0.2, -0.15) is 0 Å². The average molecular weight is 219 g/mol. The van der Waals surface area contributed by atoms with Crippen LogP contribution in [-0.2, 0) is 11.2 Å². The third kappa shape index (κ3) is 2.42. The minimum Gasteiger partial charge on any atom is -0.508 e. The van der Waals surface area contributed by atoms with Crippen LogP contribution in [0.3, 0.4) is 0 Å². The lowest BCUT2D eigenvalue weighted by Crippen LogP contribution is -2.03. The van der Waals surface area contributed by atoms with Gasteiger partial charge in [-0.1, -0.05) is 12.2 Å². The number of aromatic hydroxyl groups is 1. The van der Waals surface area contributed by atoms with Crippen molar-refractivity contribution in [2.24, 2.45) is 0 Å². The number of allylic oxidation sites excluding steroid dienone is 1. The molecule has 0 aliphatic carbocycles. The van der Waals surface area contributed by atoms with E-state index in [1.165, 1.54) is 0 Å². The van der Waals surface area contributed by atoms with Gasteiger partial charge in [-0.15, -0.1) is 0 Å². The van der Waals surface area contributed by atoms with Crippen molar-refractivity contribution in [2.75, 3.05) is 5.32 Å². The molecule has 0 aromatic heterocycles. The number of aryl methyl sites for hydroxylation is 1. The number of amides is 1. The molecule has 0 radical (unpaired) electrons. The van der Waals surface area contributed by atoms with Gasteiger partial charge in [-0.25, -0.2) is 0 Å². The van der Waals surface area contributed by atoms with Gasteiger partial charge in [0.2, 0.25) is 6.41 Å². The molecule has 2 N–H and O–H groups in total. The first-order valence-electron chi connectivity index (χ1n) is 5.14. The number of rotatable bonds is 4. The molecule has 0 saturated heterocycles. The second-order valence-corrected chi connectivity index (χ2v) is 4.09. The van der Waals surface area contributed by atoms with E-state index in [1.54, 1.807) is 6.07 Å². The number of nitrogens with one attached hydrogen (secondary N) is 1. The Morgan fingerprint density at radius 3 is 2.69 bits per heavy atom. The van der Waals surface area contributed by atoms with Crippen molar-refractivity contribution in [3.8, 4) is 5.75 Å². The first-order valence-corrected chi connectivity index (χ1v) is 5.14. The van der Waals surface area contributed by atoms with Crippen molar-refractivity contribution in [3.05, 3.63) is 34.9 Å². The van der Waals surface area contributed by atoms with Crippen LogP contribution < -0.4 is 5.32 Å². The molecule has 3 nitrogen and oxygen atoms in total. The van der Waals surface area contributed by atoms with Crippen LogP contribution in [0.2, 0.25) is 0 Å². The molecule has 0 fully saturated rings. The van der Waals surface area contributed by atoms with E-state index >= 15 is 0 Å². The van der Waals surface area contributed by atoms with E-state index in [-0.39, 0.29) is 5.75 Å². The summed E-state index contributed by atoms with van der Waals surface area (Å²) >= 11 is 0. The smallest absolute Gasteiger partial charge is 0.211 e. The number of hydrogen-bond acceptors (Lipinski definition) is 2. The Morgan fingerprint density at radius 2 is 2.19 bits per heavy atom. The highest BCUT2D eigenvalue weighted by molar-refractivity contribution is 5.77. The summed E-state index contributed by atoms with van der Waals surface area (Å²) in [5.74, 6) is 0.259. The minimum atomic E-state index is 0.259. The summed E-state index contributed by atoms with van der Waals surface area (Å²) in [5, 5.41) is 12.5. The molecule has 0 aliphatic rings. The van der Waals surface area contributed by atoms with E-state index in [0.717, 1.165) is 28.0 Å². The first kappa shape index (κ1) is 12.3. The number of benzene rings is 1. The summed E-state index contributed by atoms with van der Waals surface area (Å²) in [4.78, 5) is 10.5. The van der Waals surface area contributed by atoms with Crippen LogP contribution >= 0.6 is 0 Å². The van der Waals surface area contributed by atoms with Gasteiger partial charge in [0.15, 0.2) is 0 Å². The third-order valence-electron chi connectivity index (χ3n) is 2.57. The highest BCUT2D eigenvalue weighted by Crippen LogP contribution is 2.32. The summed E-state index contributed by atoms with van der Waals surface area (Å²) in [5.41, 5.74) is 4.31. The maximum atomic E-state index is 10.5. The summed E-state index contributed by atoms with van der Waals surface area (Å²) < 4.78 is 0. The maximum Gasteiger partial charge on any atom is 0.211 e. The lowest BCUT2D eigenvalue weighted by Gasteiger charge is -2.15. The lowest BCUT2D eigenvalue weighted by molar-refractivity contribution is -0.105. The molecule has 1 amide bonds. The van der Waals surface area contributed by atoms with Crippen LogP contribution in [0.25, 0.3) is 0 Å². The van der Waals surface area contributed by atoms with Crippen LogP contribution in [-0.4, -0.2) is 11.5 Å². The van der Waals surface area contributed by atoms with Crippen molar-refractivity contribution in [3.63, 3.8) is 0 Å². The lowest BCUT2D eigenvalue weighted by atomic mass is 9.96. The zero-order chi connectivity index (χ0) is 12.3. The maximum absolute atomic E-state index is 10.5. The largest absolute Gasteiger partial charge is 0.508 e. The third-order valence-corrected chi connectivity index (χ3v) is 2.57. The van der Waals surface area contributed by atoms with Gasteiger partial charge in [0.1, 0.15) is 5.75 Å². The fourth-order valence-corrected chi connectivity index (χ4v) is 1.81. The van der Waals surface area contributed by atoms with Gasteiger partial charge in [-0.05, 0) is 44.4 Å². The first-order chi connectivity index (χ1) is 7.47. The molecule has 0 atom stereocenters. The molecule has 0 bridgehead atoms. The van der Waals surface area contributed by atoms with E-state index in [9.17, 15) is 9.90 Å². The van der Waals surface area contributed by atoms with E-state index < -0.39 is 0 Å². The second-order valence-electron chi connectivity index (χ2n) is 4.09. The zero-order valence-electron chi connectivity index (χ0n) is 9.92. The fraction of sp³-hybridized carbons (Fsp3) is 0.308. The molecule has 0 unspecified atom stereocenters. The zero-order valence-corrected chi connectivity index (χ0v) is 9.92. The van der Waals surface area contributed by atoms with E-state index in [1.807, 2.05) is 20.8 Å². The highest BCUT2D eigenvalue weighted by atomic mass is 16.3. The number of carbonyl (C=O) groups excluding carboxylic acids is 1. The van der Waals surface area contributed by atoms with Crippen molar-refractivity contribution in [1.29, 1.82) is 0 Å². The molecule has 3 heteroatoms. The van der Waals surface area contributed by atoms with Crippen molar-refractivity contribution >= 4 is 12.1 Å². The molecule has 1 rings (SSSR count). The van der Waals surface area contributed by atoms with Crippen molar-refractivity contribution in [1.82, 2.24) is 0 Å². The normalized spacial score (nSPS) is 9.94. The predicted octanol–water partition coefficient (Wildman–Crippen LogP) is 2.70. The summed E-state index contributed by atoms with van der Waals surface area (Å²) in [6, 6.07) is 1.66. The van der Waals surface area contributed by atoms with Gasteiger partial charge >= 0.3 is 0 Å². The Morgan fingerprint density at radius 1 is 1.56 bits per heavy atom. The Balaban J connectivity index is 3.32. The van der Waals surface area contributed by atoms with Gasteiger partial charge in [0.05, 0.1) is 0 Å². The molecule has 86 valence electrons. The summed E-state index contributed by atoms with van der Waals surface area (Å²) in [6.45, 7) is 9.47. The molecule has 16 heavy (non-hydrogen) atoms. The number of hydrogen-bond donors (Lipinski definition) is 2. The molecule has 0 aliphatic heterocycles. The van der Waals surface area contributed by atoms with Gasteiger partial charge in [0, 0.05) is 11.3 Å². The molecule has 0 heterocycles. The minimum absolute atomic E-state index is 0.259. The standard InChI is InChI=1S/C13H17NO2/c1-8(2)5-11-10(4)13(14-7-15)9(3)6-12(11)16/h6-7,16H,1,5H2,2-4H3,(H,14,15). The Labute approximate surface area is 95.8 Å². The van der Waals surface area contributed by atoms with E-state index in [0.29, 0.717) is 12.8 Å². The monoisotopic (exact) mass is 219 g/mol. The van der Waals surface area contributed by atoms with E-state index in [2.05, 4.69) is 11.9 Å². The van der Waals surface area contributed by atoms with Crippen LogP contribution in [0.15, 0.2) is 18.2 Å². The summed E-state index contributed by atoms with van der Waals surface area (Å²) in [6.07, 6.45) is 1.27. The van der Waals surface area contributed by atoms with Crippen molar-refractivity contribution < 1.29 is 9.90 Å². The second kappa shape index (κ2) is 4.84. The predicted molar refractivity (Wildman–Crippen MR) is 65.8 cm³/mol. The van der Waals surface area contributed by atoms with Crippen LogP contribution in [0, 0.1) is 13.8 Å². The van der Waals surface area contributed by atoms with Crippen molar-refractivity contribution in [2.45, 2.75) is 27.2 Å². The molecular weight excluding hydrogens is 202 g/mol. The summed E-state index contributed by atoms with van der Waals surface area (Å²) in [7, 11) is 0. The number of phenolic OH excluding ortho intramolecular Hbond substituents is 1. The molecule has 1 aromatic carbocycles. The Bertz CT molecular complexity index is 436. The Kier molecular flexibility index (Phi) is 3.72. The van der Waals surface area contributed by atoms with Crippen LogP contribution in [0.5, 0.6) is 5.75 Å². The van der Waals surface area contributed by atoms with Crippen LogP contribution in [0.1, 0.15) is 23.6 Å². The Hall–Kier alpha value is -1.77. The van der Waals surface area contributed by atoms with Gasteiger partial charge < -0.3 is 10.4 Å². The molecule has 0 spiro atoms. The van der Waals surface area contributed by atoms with Crippen LogP contribution in [0.4, 0.5) is 5.69 Å². The number of phenols is 1. The molecule has 0 saturated carbocycles.